The molecule has 1 aliphatic carbocycles. The number of rotatable bonds is 1. The van der Waals surface area contributed by atoms with Crippen LogP contribution in [0.3, 0.4) is 0 Å². The second-order valence-corrected chi connectivity index (χ2v) is 3.38. The molecule has 2 bridgehead atoms. The molecule has 0 radical (unpaired) electrons. The highest BCUT2D eigenvalue weighted by atomic mass is 16.5. The van der Waals surface area contributed by atoms with E-state index in [1.54, 1.807) is 0 Å². The first-order valence-electron chi connectivity index (χ1n) is 4.01. The standard InChI is InChI=1S/C8H14O/c1-2-8-7-3-6(4-7)5-9-8/h6-8H,2-5H2,1H3. The van der Waals surface area contributed by atoms with E-state index in [1.807, 2.05) is 0 Å². The molecule has 2 aliphatic heterocycles. The van der Waals surface area contributed by atoms with Gasteiger partial charge in [0.1, 0.15) is 0 Å². The SMILES string of the molecule is CCC1OCC2CC1C2. The summed E-state index contributed by atoms with van der Waals surface area (Å²) in [5.41, 5.74) is 0. The molecule has 0 aromatic heterocycles. The number of hydrogen-bond donors (Lipinski definition) is 0. The van der Waals surface area contributed by atoms with Crippen LogP contribution in [-0.2, 0) is 4.74 Å². The van der Waals surface area contributed by atoms with Crippen LogP contribution in [0, 0.1) is 11.8 Å². The van der Waals surface area contributed by atoms with Gasteiger partial charge in [-0.15, -0.1) is 0 Å². The smallest absolute Gasteiger partial charge is 0.0601 e. The zero-order chi connectivity index (χ0) is 6.27. The fourth-order valence-corrected chi connectivity index (χ4v) is 2.07. The second-order valence-electron chi connectivity index (χ2n) is 3.38. The van der Waals surface area contributed by atoms with Gasteiger partial charge in [-0.2, -0.15) is 0 Å². The molecule has 0 N–H and O–H groups in total. The van der Waals surface area contributed by atoms with Gasteiger partial charge in [0.25, 0.3) is 0 Å². The Bertz CT molecular complexity index is 102. The summed E-state index contributed by atoms with van der Waals surface area (Å²) in [5.74, 6) is 1.88. The van der Waals surface area contributed by atoms with Gasteiger partial charge in [0.05, 0.1) is 6.10 Å². The zero-order valence-corrected chi connectivity index (χ0v) is 5.97. The molecule has 2 saturated heterocycles. The van der Waals surface area contributed by atoms with Crippen molar-refractivity contribution in [3.8, 4) is 0 Å². The van der Waals surface area contributed by atoms with Crippen LogP contribution in [0.1, 0.15) is 26.2 Å². The van der Waals surface area contributed by atoms with E-state index < -0.39 is 0 Å². The van der Waals surface area contributed by atoms with Crippen LogP contribution in [0.2, 0.25) is 0 Å². The van der Waals surface area contributed by atoms with Crippen molar-refractivity contribution in [3.63, 3.8) is 0 Å². The summed E-state index contributed by atoms with van der Waals surface area (Å²) < 4.78 is 5.59. The molecule has 3 aliphatic rings. The number of fused-ring (bicyclic) bond motifs is 2. The van der Waals surface area contributed by atoms with Crippen LogP contribution in [0.4, 0.5) is 0 Å². The lowest BCUT2D eigenvalue weighted by molar-refractivity contribution is -0.123. The quantitative estimate of drug-likeness (QED) is 0.520. The Morgan fingerprint density at radius 3 is 2.56 bits per heavy atom. The van der Waals surface area contributed by atoms with Gasteiger partial charge >= 0.3 is 0 Å². The van der Waals surface area contributed by atoms with E-state index in [0.717, 1.165) is 18.4 Å². The molecule has 0 aromatic carbocycles. The molecular weight excluding hydrogens is 112 g/mol. The lowest BCUT2D eigenvalue weighted by Crippen LogP contribution is -2.44. The molecule has 1 saturated carbocycles. The third kappa shape index (κ3) is 0.787. The van der Waals surface area contributed by atoms with E-state index in [9.17, 15) is 0 Å². The normalized spacial score (nSPS) is 48.3. The summed E-state index contributed by atoms with van der Waals surface area (Å²) >= 11 is 0. The van der Waals surface area contributed by atoms with Gasteiger partial charge in [-0.3, -0.25) is 0 Å². The van der Waals surface area contributed by atoms with Gasteiger partial charge in [-0.25, -0.2) is 0 Å². The van der Waals surface area contributed by atoms with E-state index in [1.165, 1.54) is 19.3 Å². The van der Waals surface area contributed by atoms with Crippen LogP contribution >= 0.6 is 0 Å². The maximum atomic E-state index is 5.59. The first-order chi connectivity index (χ1) is 4.40. The van der Waals surface area contributed by atoms with E-state index >= 15 is 0 Å². The van der Waals surface area contributed by atoms with Gasteiger partial charge in [0.2, 0.25) is 0 Å². The van der Waals surface area contributed by atoms with Crippen LogP contribution in [0.5, 0.6) is 0 Å². The molecule has 3 fully saturated rings. The van der Waals surface area contributed by atoms with Crippen molar-refractivity contribution in [1.82, 2.24) is 0 Å². The van der Waals surface area contributed by atoms with Crippen molar-refractivity contribution >= 4 is 0 Å². The largest absolute Gasteiger partial charge is 0.378 e. The maximum absolute atomic E-state index is 5.59. The molecule has 1 heteroatoms. The van der Waals surface area contributed by atoms with Crippen molar-refractivity contribution < 1.29 is 4.74 Å². The Morgan fingerprint density at radius 1 is 1.44 bits per heavy atom. The highest BCUT2D eigenvalue weighted by Crippen LogP contribution is 2.42. The van der Waals surface area contributed by atoms with E-state index in [-0.39, 0.29) is 0 Å². The minimum atomic E-state index is 0.620. The van der Waals surface area contributed by atoms with Gasteiger partial charge in [0, 0.05) is 6.61 Å². The van der Waals surface area contributed by atoms with Crippen LogP contribution in [-0.4, -0.2) is 12.7 Å². The molecule has 1 nitrogen and oxygen atoms in total. The van der Waals surface area contributed by atoms with Crippen LogP contribution < -0.4 is 0 Å². The Kier molecular flexibility index (Phi) is 1.26. The van der Waals surface area contributed by atoms with Crippen LogP contribution in [0.15, 0.2) is 0 Å². The summed E-state index contributed by atoms with van der Waals surface area (Å²) in [4.78, 5) is 0. The lowest BCUT2D eigenvalue weighted by Gasteiger charge is -2.46. The molecular formula is C8H14O. The zero-order valence-electron chi connectivity index (χ0n) is 5.97. The lowest BCUT2D eigenvalue weighted by atomic mass is 9.70. The van der Waals surface area contributed by atoms with Gasteiger partial charge in [-0.05, 0) is 31.1 Å². The third-order valence-corrected chi connectivity index (χ3v) is 2.75. The van der Waals surface area contributed by atoms with Crippen molar-refractivity contribution in [2.24, 2.45) is 11.8 Å². The van der Waals surface area contributed by atoms with E-state index in [2.05, 4.69) is 6.92 Å². The van der Waals surface area contributed by atoms with Gasteiger partial charge < -0.3 is 4.74 Å². The fraction of sp³-hybridized carbons (Fsp3) is 1.00. The summed E-state index contributed by atoms with van der Waals surface area (Å²) in [6, 6.07) is 0. The maximum Gasteiger partial charge on any atom is 0.0601 e. The molecule has 1 atom stereocenters. The van der Waals surface area contributed by atoms with E-state index in [0.29, 0.717) is 6.10 Å². The Balaban J connectivity index is 1.94. The summed E-state index contributed by atoms with van der Waals surface area (Å²) in [5, 5.41) is 0. The number of hydrogen-bond acceptors (Lipinski definition) is 1. The third-order valence-electron chi connectivity index (χ3n) is 2.75. The summed E-state index contributed by atoms with van der Waals surface area (Å²) in [6.45, 7) is 3.28. The molecule has 0 amide bonds. The molecule has 0 aromatic rings. The number of ether oxygens (including phenoxy) is 1. The summed E-state index contributed by atoms with van der Waals surface area (Å²) in [6.07, 6.45) is 4.75. The minimum absolute atomic E-state index is 0.620. The van der Waals surface area contributed by atoms with Gasteiger partial charge in [0.15, 0.2) is 0 Å². The van der Waals surface area contributed by atoms with E-state index in [4.69, 9.17) is 4.74 Å². The van der Waals surface area contributed by atoms with Crippen molar-refractivity contribution in [3.05, 3.63) is 0 Å². The highest BCUT2D eigenvalue weighted by Gasteiger charge is 2.39. The summed E-state index contributed by atoms with van der Waals surface area (Å²) in [7, 11) is 0. The Morgan fingerprint density at radius 2 is 2.22 bits per heavy atom. The van der Waals surface area contributed by atoms with Crippen molar-refractivity contribution in [1.29, 1.82) is 0 Å². The first-order valence-corrected chi connectivity index (χ1v) is 4.01. The molecule has 1 unspecified atom stereocenters. The van der Waals surface area contributed by atoms with Crippen molar-refractivity contribution in [2.45, 2.75) is 32.3 Å². The van der Waals surface area contributed by atoms with Crippen LogP contribution in [0.25, 0.3) is 0 Å². The molecule has 3 rings (SSSR count). The molecule has 2 heterocycles. The topological polar surface area (TPSA) is 9.23 Å². The molecule has 52 valence electrons. The highest BCUT2D eigenvalue weighted by molar-refractivity contribution is 4.88. The second kappa shape index (κ2) is 1.98. The predicted molar refractivity (Wildman–Crippen MR) is 36.2 cm³/mol. The average Bonchev–Trinajstić information content (AvgIpc) is 1.86. The monoisotopic (exact) mass is 126 g/mol. The Labute approximate surface area is 56.4 Å². The molecule has 9 heavy (non-hydrogen) atoms. The first kappa shape index (κ1) is 5.72. The predicted octanol–water partition coefficient (Wildman–Crippen LogP) is 1.82. The Hall–Kier alpha value is -0.0400. The average molecular weight is 126 g/mol. The fourth-order valence-electron chi connectivity index (χ4n) is 2.07. The van der Waals surface area contributed by atoms with Crippen molar-refractivity contribution in [2.75, 3.05) is 6.61 Å². The molecule has 0 spiro atoms. The minimum Gasteiger partial charge on any atom is -0.378 e. The van der Waals surface area contributed by atoms with Gasteiger partial charge in [-0.1, -0.05) is 6.92 Å².